The highest BCUT2D eigenvalue weighted by Gasteiger charge is 2.12. The monoisotopic (exact) mass is 247 g/mol. The zero-order valence-electron chi connectivity index (χ0n) is 10.4. The van der Waals surface area contributed by atoms with Crippen LogP contribution in [0.15, 0.2) is 28.8 Å². The first-order chi connectivity index (χ1) is 8.61. The van der Waals surface area contributed by atoms with E-state index in [9.17, 15) is 4.79 Å². The Morgan fingerprint density at radius 1 is 1.33 bits per heavy atom. The first-order valence-electron chi connectivity index (χ1n) is 5.34. The van der Waals surface area contributed by atoms with Gasteiger partial charge < -0.3 is 4.52 Å². The number of amides is 1. The molecule has 6 nitrogen and oxygen atoms in total. The Balaban J connectivity index is 2.23. The topological polar surface area (TPSA) is 68.5 Å². The van der Waals surface area contributed by atoms with Crippen LogP contribution in [0.25, 0.3) is 11.5 Å². The van der Waals surface area contributed by atoms with Crippen molar-refractivity contribution in [3.8, 4) is 11.5 Å². The molecule has 0 aliphatic heterocycles. The van der Waals surface area contributed by atoms with E-state index >= 15 is 0 Å². The largest absolute Gasteiger partial charge is 0.334 e. The number of benzene rings is 1. The summed E-state index contributed by atoms with van der Waals surface area (Å²) < 4.78 is 5.04. The fourth-order valence-corrected chi connectivity index (χ4v) is 1.43. The van der Waals surface area contributed by atoms with Gasteiger partial charge in [-0.25, -0.2) is 5.06 Å². The number of aromatic nitrogens is 2. The Morgan fingerprint density at radius 2 is 2.00 bits per heavy atom. The van der Waals surface area contributed by atoms with Gasteiger partial charge in [0.1, 0.15) is 0 Å². The second kappa shape index (κ2) is 4.97. The summed E-state index contributed by atoms with van der Waals surface area (Å²) in [5, 5.41) is 4.87. The minimum atomic E-state index is -0.217. The molecule has 94 valence electrons. The molecule has 0 atom stereocenters. The normalized spacial score (nSPS) is 10.4. The van der Waals surface area contributed by atoms with Crippen LogP contribution in [0.1, 0.15) is 16.2 Å². The maximum Gasteiger partial charge on any atom is 0.277 e. The van der Waals surface area contributed by atoms with Crippen molar-refractivity contribution in [1.82, 2.24) is 15.2 Å². The molecule has 0 spiro atoms. The van der Waals surface area contributed by atoms with Crippen molar-refractivity contribution >= 4 is 5.91 Å². The van der Waals surface area contributed by atoms with E-state index in [-0.39, 0.29) is 5.91 Å². The number of hydroxylamine groups is 2. The molecular formula is C12H13N3O3. The average molecular weight is 247 g/mol. The smallest absolute Gasteiger partial charge is 0.277 e. The highest BCUT2D eigenvalue weighted by molar-refractivity contribution is 5.93. The number of hydrogen-bond acceptors (Lipinski definition) is 5. The Labute approximate surface area is 104 Å². The van der Waals surface area contributed by atoms with Gasteiger partial charge in [-0.05, 0) is 31.2 Å². The maximum atomic E-state index is 11.8. The van der Waals surface area contributed by atoms with Crippen molar-refractivity contribution in [2.75, 3.05) is 14.2 Å². The van der Waals surface area contributed by atoms with E-state index in [4.69, 9.17) is 9.36 Å². The van der Waals surface area contributed by atoms with Crippen LogP contribution in [-0.4, -0.2) is 35.3 Å². The fraction of sp³-hybridized carbons (Fsp3) is 0.250. The first-order valence-corrected chi connectivity index (χ1v) is 5.34. The summed E-state index contributed by atoms with van der Waals surface area (Å²) in [5.74, 6) is 0.793. The molecule has 1 aromatic carbocycles. The molecule has 18 heavy (non-hydrogen) atoms. The predicted molar refractivity (Wildman–Crippen MR) is 63.6 cm³/mol. The van der Waals surface area contributed by atoms with Crippen molar-refractivity contribution in [1.29, 1.82) is 0 Å². The van der Waals surface area contributed by atoms with E-state index < -0.39 is 0 Å². The molecular weight excluding hydrogens is 234 g/mol. The van der Waals surface area contributed by atoms with E-state index in [1.165, 1.54) is 7.11 Å². The molecule has 0 saturated heterocycles. The van der Waals surface area contributed by atoms with Crippen molar-refractivity contribution in [3.05, 3.63) is 35.7 Å². The molecule has 2 rings (SSSR count). The molecule has 0 saturated carbocycles. The molecule has 1 amide bonds. The number of carbonyl (C=O) groups is 1. The lowest BCUT2D eigenvalue weighted by Gasteiger charge is -2.13. The van der Waals surface area contributed by atoms with Gasteiger partial charge in [-0.15, -0.1) is 0 Å². The number of carbonyl (C=O) groups excluding carboxylic acids is 1. The number of nitrogens with zero attached hydrogens (tertiary/aromatic N) is 3. The highest BCUT2D eigenvalue weighted by atomic mass is 16.7. The summed E-state index contributed by atoms with van der Waals surface area (Å²) in [6.07, 6.45) is 0. The van der Waals surface area contributed by atoms with Gasteiger partial charge in [0.2, 0.25) is 0 Å². The van der Waals surface area contributed by atoms with Crippen LogP contribution in [0.2, 0.25) is 0 Å². The third-order valence-electron chi connectivity index (χ3n) is 2.47. The third kappa shape index (κ3) is 2.38. The predicted octanol–water partition coefficient (Wildman–Crippen LogP) is 1.68. The fourth-order valence-electron chi connectivity index (χ4n) is 1.43. The molecule has 0 unspecified atom stereocenters. The zero-order chi connectivity index (χ0) is 13.1. The van der Waals surface area contributed by atoms with Crippen LogP contribution in [0, 0.1) is 6.92 Å². The first kappa shape index (κ1) is 12.3. The minimum Gasteiger partial charge on any atom is -0.334 e. The summed E-state index contributed by atoms with van der Waals surface area (Å²) in [5.41, 5.74) is 1.30. The second-order valence-electron chi connectivity index (χ2n) is 3.71. The lowest BCUT2D eigenvalue weighted by atomic mass is 10.1. The Bertz CT molecular complexity index is 548. The molecule has 2 aromatic rings. The van der Waals surface area contributed by atoms with Gasteiger partial charge in [-0.1, -0.05) is 5.16 Å². The Morgan fingerprint density at radius 3 is 2.50 bits per heavy atom. The number of hydrogen-bond donors (Lipinski definition) is 0. The molecule has 1 heterocycles. The van der Waals surface area contributed by atoms with Gasteiger partial charge in [0, 0.05) is 18.2 Å². The SMILES string of the molecule is CON(C)C(=O)c1ccc(-c2nc(C)no2)cc1. The van der Waals surface area contributed by atoms with Crippen LogP contribution in [0.4, 0.5) is 0 Å². The van der Waals surface area contributed by atoms with Gasteiger partial charge in [0.25, 0.3) is 11.8 Å². The van der Waals surface area contributed by atoms with E-state index in [2.05, 4.69) is 10.1 Å². The van der Waals surface area contributed by atoms with Gasteiger partial charge in [-0.2, -0.15) is 4.98 Å². The molecule has 0 aliphatic carbocycles. The quantitative estimate of drug-likeness (QED) is 0.772. The molecule has 0 bridgehead atoms. The van der Waals surface area contributed by atoms with Crippen LogP contribution in [0.5, 0.6) is 0 Å². The lowest BCUT2D eigenvalue weighted by molar-refractivity contribution is -0.0756. The van der Waals surface area contributed by atoms with E-state index in [1.54, 1.807) is 38.2 Å². The molecule has 0 N–H and O–H groups in total. The van der Waals surface area contributed by atoms with Crippen LogP contribution in [0.3, 0.4) is 0 Å². The van der Waals surface area contributed by atoms with Crippen molar-refractivity contribution in [3.63, 3.8) is 0 Å². The molecule has 6 heteroatoms. The van der Waals surface area contributed by atoms with Gasteiger partial charge in [0.15, 0.2) is 5.82 Å². The highest BCUT2D eigenvalue weighted by Crippen LogP contribution is 2.18. The van der Waals surface area contributed by atoms with Crippen molar-refractivity contribution in [2.24, 2.45) is 0 Å². The summed E-state index contributed by atoms with van der Waals surface area (Å²) in [6.45, 7) is 1.75. The summed E-state index contributed by atoms with van der Waals surface area (Å²) in [4.78, 5) is 20.7. The molecule has 0 aliphatic rings. The minimum absolute atomic E-state index is 0.217. The van der Waals surface area contributed by atoms with Gasteiger partial charge in [-0.3, -0.25) is 9.63 Å². The Kier molecular flexibility index (Phi) is 3.38. The van der Waals surface area contributed by atoms with Crippen LogP contribution < -0.4 is 0 Å². The van der Waals surface area contributed by atoms with Crippen molar-refractivity contribution in [2.45, 2.75) is 6.92 Å². The molecule has 1 aromatic heterocycles. The third-order valence-corrected chi connectivity index (χ3v) is 2.47. The van der Waals surface area contributed by atoms with E-state index in [0.717, 1.165) is 10.6 Å². The lowest BCUT2D eigenvalue weighted by Crippen LogP contribution is -2.25. The van der Waals surface area contributed by atoms with E-state index in [1.807, 2.05) is 0 Å². The maximum absolute atomic E-state index is 11.8. The van der Waals surface area contributed by atoms with Gasteiger partial charge >= 0.3 is 0 Å². The molecule has 0 fully saturated rings. The van der Waals surface area contributed by atoms with E-state index in [0.29, 0.717) is 17.3 Å². The number of aryl methyl sites for hydroxylation is 1. The average Bonchev–Trinajstić information content (AvgIpc) is 2.84. The molecule has 0 radical (unpaired) electrons. The zero-order valence-corrected chi connectivity index (χ0v) is 10.4. The summed E-state index contributed by atoms with van der Waals surface area (Å²) >= 11 is 0. The Hall–Kier alpha value is -2.21. The van der Waals surface area contributed by atoms with Crippen LogP contribution >= 0.6 is 0 Å². The van der Waals surface area contributed by atoms with Crippen molar-refractivity contribution < 1.29 is 14.2 Å². The second-order valence-corrected chi connectivity index (χ2v) is 3.71. The summed E-state index contributed by atoms with van der Waals surface area (Å²) in [7, 11) is 2.99. The number of rotatable bonds is 3. The standard InChI is InChI=1S/C12H13N3O3/c1-8-13-11(18-14-8)9-4-6-10(7-5-9)12(16)15(2)17-3/h4-7H,1-3H3. The van der Waals surface area contributed by atoms with Gasteiger partial charge in [0.05, 0.1) is 7.11 Å². The summed E-state index contributed by atoms with van der Waals surface area (Å²) in [6, 6.07) is 6.88. The van der Waals surface area contributed by atoms with Crippen LogP contribution in [-0.2, 0) is 4.84 Å².